The maximum absolute atomic E-state index is 12.8. The lowest BCUT2D eigenvalue weighted by atomic mass is 9.73. The van der Waals surface area contributed by atoms with Crippen LogP contribution < -0.4 is 10.1 Å². The van der Waals surface area contributed by atoms with E-state index in [0.717, 1.165) is 11.1 Å². The van der Waals surface area contributed by atoms with Crippen LogP contribution in [0.4, 0.5) is 0 Å². The van der Waals surface area contributed by atoms with Gasteiger partial charge < -0.3 is 15.2 Å². The Balaban J connectivity index is 0.00000324. The molecule has 0 aliphatic rings. The number of carbonyl (C=O) groups is 1. The summed E-state index contributed by atoms with van der Waals surface area (Å²) in [6.07, 6.45) is 1.56. The molecule has 0 radical (unpaired) electrons. The van der Waals surface area contributed by atoms with Crippen molar-refractivity contribution in [1.82, 2.24) is 20.6 Å². The van der Waals surface area contributed by atoms with Gasteiger partial charge in [-0.05, 0) is 58.0 Å². The van der Waals surface area contributed by atoms with E-state index in [9.17, 15) is 9.90 Å². The molecule has 0 saturated heterocycles. The van der Waals surface area contributed by atoms with Gasteiger partial charge in [-0.3, -0.25) is 4.79 Å². The first-order chi connectivity index (χ1) is 15.6. The van der Waals surface area contributed by atoms with Crippen LogP contribution in [0.1, 0.15) is 50.6 Å². The van der Waals surface area contributed by atoms with Crippen LogP contribution in [0.2, 0.25) is 0 Å². The van der Waals surface area contributed by atoms with Gasteiger partial charge in [0.1, 0.15) is 22.3 Å². The number of pyridine rings is 1. The molecule has 1 amide bonds. The average molecular weight is 449 g/mol. The number of hydrogen-bond acceptors (Lipinski definition) is 7. The van der Waals surface area contributed by atoms with Gasteiger partial charge in [-0.25, -0.2) is 9.61 Å². The van der Waals surface area contributed by atoms with Gasteiger partial charge >= 0.3 is 0 Å². The van der Waals surface area contributed by atoms with E-state index in [4.69, 9.17) is 9.37 Å². The first-order valence-corrected chi connectivity index (χ1v) is 10.6. The fraction of sp³-hybridized carbons (Fsp3) is 0.280. The molecule has 0 aliphatic heterocycles. The van der Waals surface area contributed by atoms with E-state index in [2.05, 4.69) is 20.6 Å². The Morgan fingerprint density at radius 3 is 2.52 bits per heavy atom. The van der Waals surface area contributed by atoms with Crippen LogP contribution in [-0.4, -0.2) is 26.3 Å². The van der Waals surface area contributed by atoms with E-state index >= 15 is 0 Å². The number of nitrogens with zero attached hydrogens (tertiary/aromatic N) is 3. The quantitative estimate of drug-likeness (QED) is 0.434. The van der Waals surface area contributed by atoms with Crippen LogP contribution in [0.5, 0.6) is 11.6 Å². The van der Waals surface area contributed by atoms with Crippen molar-refractivity contribution in [2.45, 2.75) is 39.8 Å². The SMILES string of the molecule is CC(C)(C)C(C)(O)c1ccc(CNC(=O)c2cccnc2Oc2ccc3nonc3c2)cc1.[HH]. The lowest BCUT2D eigenvalue weighted by molar-refractivity contribution is -0.0470. The first kappa shape index (κ1) is 22.4. The predicted octanol–water partition coefficient (Wildman–Crippen LogP) is 4.84. The van der Waals surface area contributed by atoms with E-state index in [0.29, 0.717) is 28.9 Å². The monoisotopic (exact) mass is 448 g/mol. The molecule has 2 N–H and O–H groups in total. The molecule has 0 bridgehead atoms. The number of fused-ring (bicyclic) bond motifs is 1. The van der Waals surface area contributed by atoms with Crippen molar-refractivity contribution >= 4 is 16.9 Å². The molecule has 4 aromatic rings. The molecule has 1 unspecified atom stereocenters. The molecule has 0 spiro atoms. The van der Waals surface area contributed by atoms with E-state index in [-0.39, 0.29) is 18.6 Å². The fourth-order valence-electron chi connectivity index (χ4n) is 3.24. The lowest BCUT2D eigenvalue weighted by Crippen LogP contribution is -2.36. The van der Waals surface area contributed by atoms with Crippen LogP contribution in [0.15, 0.2) is 65.4 Å². The number of carbonyl (C=O) groups excluding carboxylic acids is 1. The van der Waals surface area contributed by atoms with Gasteiger partial charge in [0.15, 0.2) is 0 Å². The Labute approximate surface area is 193 Å². The topological polar surface area (TPSA) is 110 Å². The molecule has 4 rings (SSSR count). The summed E-state index contributed by atoms with van der Waals surface area (Å²) < 4.78 is 10.5. The van der Waals surface area contributed by atoms with Crippen LogP contribution in [0.3, 0.4) is 0 Å². The second-order valence-corrected chi connectivity index (χ2v) is 9.07. The van der Waals surface area contributed by atoms with Gasteiger partial charge in [-0.2, -0.15) is 0 Å². The Morgan fingerprint density at radius 2 is 1.79 bits per heavy atom. The zero-order chi connectivity index (χ0) is 23.6. The molecular formula is C25H28N4O4. The number of aliphatic hydroxyl groups is 1. The van der Waals surface area contributed by atoms with Crippen molar-refractivity contribution in [3.63, 3.8) is 0 Å². The molecule has 8 heteroatoms. The van der Waals surface area contributed by atoms with Gasteiger partial charge in [-0.15, -0.1) is 0 Å². The summed E-state index contributed by atoms with van der Waals surface area (Å²) in [5.41, 5.74) is 1.91. The average Bonchev–Trinajstić information content (AvgIpc) is 3.25. The van der Waals surface area contributed by atoms with Crippen molar-refractivity contribution in [1.29, 1.82) is 0 Å². The first-order valence-electron chi connectivity index (χ1n) is 10.6. The van der Waals surface area contributed by atoms with Gasteiger partial charge in [0.25, 0.3) is 5.91 Å². The minimum Gasteiger partial charge on any atom is -0.438 e. The second kappa shape index (κ2) is 8.63. The number of rotatable bonds is 6. The summed E-state index contributed by atoms with van der Waals surface area (Å²) >= 11 is 0. The van der Waals surface area contributed by atoms with Crippen LogP contribution in [0.25, 0.3) is 11.0 Å². The molecule has 2 aromatic carbocycles. The minimum atomic E-state index is -0.970. The molecule has 2 aromatic heterocycles. The third kappa shape index (κ3) is 4.70. The van der Waals surface area contributed by atoms with Crippen LogP contribution in [-0.2, 0) is 12.1 Å². The normalized spacial score (nSPS) is 13.5. The van der Waals surface area contributed by atoms with Crippen molar-refractivity contribution in [2.75, 3.05) is 0 Å². The number of amides is 1. The number of benzene rings is 2. The summed E-state index contributed by atoms with van der Waals surface area (Å²) in [6.45, 7) is 8.12. The lowest BCUT2D eigenvalue weighted by Gasteiger charge is -2.37. The zero-order valence-corrected chi connectivity index (χ0v) is 19.0. The van der Waals surface area contributed by atoms with Crippen LogP contribution >= 0.6 is 0 Å². The maximum atomic E-state index is 12.8. The molecule has 8 nitrogen and oxygen atoms in total. The van der Waals surface area contributed by atoms with Gasteiger partial charge in [0.2, 0.25) is 5.88 Å². The van der Waals surface area contributed by atoms with Crippen molar-refractivity contribution in [3.05, 3.63) is 77.5 Å². The zero-order valence-electron chi connectivity index (χ0n) is 19.0. The molecule has 0 aliphatic carbocycles. The molecule has 0 fully saturated rings. The van der Waals surface area contributed by atoms with Crippen molar-refractivity contribution in [2.24, 2.45) is 5.41 Å². The minimum absolute atomic E-state index is 0. The molecule has 172 valence electrons. The summed E-state index contributed by atoms with van der Waals surface area (Å²) in [5, 5.41) is 21.3. The Kier molecular flexibility index (Phi) is 5.86. The molecule has 1 atom stereocenters. The highest BCUT2D eigenvalue weighted by Crippen LogP contribution is 2.38. The number of ether oxygens (including phenoxy) is 1. The predicted molar refractivity (Wildman–Crippen MR) is 125 cm³/mol. The third-order valence-electron chi connectivity index (χ3n) is 5.89. The Morgan fingerprint density at radius 1 is 1.06 bits per heavy atom. The van der Waals surface area contributed by atoms with Gasteiger partial charge in [0.05, 0.1) is 5.60 Å². The van der Waals surface area contributed by atoms with E-state index in [1.54, 1.807) is 36.5 Å². The van der Waals surface area contributed by atoms with E-state index in [1.165, 1.54) is 0 Å². The van der Waals surface area contributed by atoms with E-state index in [1.807, 2.05) is 52.0 Å². The fourth-order valence-corrected chi connectivity index (χ4v) is 3.24. The number of aromatic nitrogens is 3. The van der Waals surface area contributed by atoms with Gasteiger partial charge in [-0.1, -0.05) is 45.0 Å². The summed E-state index contributed by atoms with van der Waals surface area (Å²) in [7, 11) is 0. The third-order valence-corrected chi connectivity index (χ3v) is 5.89. The Hall–Kier alpha value is -3.78. The molecule has 2 heterocycles. The van der Waals surface area contributed by atoms with Gasteiger partial charge in [0, 0.05) is 20.2 Å². The molecule has 0 saturated carbocycles. The summed E-state index contributed by atoms with van der Waals surface area (Å²) in [6, 6.07) is 16.0. The maximum Gasteiger partial charge on any atom is 0.257 e. The van der Waals surface area contributed by atoms with E-state index < -0.39 is 5.60 Å². The Bertz CT molecular complexity index is 1280. The second-order valence-electron chi connectivity index (χ2n) is 9.07. The van der Waals surface area contributed by atoms with Crippen LogP contribution in [0, 0.1) is 5.41 Å². The molecule has 33 heavy (non-hydrogen) atoms. The molecular weight excluding hydrogens is 420 g/mol. The highest BCUT2D eigenvalue weighted by molar-refractivity contribution is 5.96. The van der Waals surface area contributed by atoms with Crippen molar-refractivity contribution < 1.29 is 20.7 Å². The number of nitrogens with one attached hydrogen (secondary N) is 1. The summed E-state index contributed by atoms with van der Waals surface area (Å²) in [4.78, 5) is 17.1. The standard InChI is InChI=1S/C25H26N4O4.H2/c1-24(2,3)25(4,31)17-9-7-16(8-10-17)15-27-22(30)19-6-5-13-26-23(19)32-18-11-12-20-21(14-18)29-33-28-20;/h5-14,31H,15H2,1-4H3,(H,27,30);1H. The largest absolute Gasteiger partial charge is 0.438 e. The van der Waals surface area contributed by atoms with Crippen molar-refractivity contribution in [3.8, 4) is 11.6 Å². The highest BCUT2D eigenvalue weighted by Gasteiger charge is 2.36. The number of hydrogen-bond donors (Lipinski definition) is 2. The highest BCUT2D eigenvalue weighted by atomic mass is 16.6. The summed E-state index contributed by atoms with van der Waals surface area (Å²) in [5.74, 6) is 0.336. The smallest absolute Gasteiger partial charge is 0.257 e.